The fourth-order valence-electron chi connectivity index (χ4n) is 4.76. The zero-order chi connectivity index (χ0) is 20.1. The van der Waals surface area contributed by atoms with Crippen LogP contribution in [0.5, 0.6) is 0 Å². The number of amides is 1. The summed E-state index contributed by atoms with van der Waals surface area (Å²) in [6.45, 7) is 6.60. The monoisotopic (exact) mass is 375 g/mol. The maximum absolute atomic E-state index is 12.6. The van der Waals surface area contributed by atoms with Crippen LogP contribution in [0.4, 0.5) is 11.4 Å². The molecule has 2 aliphatic rings. The Morgan fingerprint density at radius 2 is 1.79 bits per heavy atom. The van der Waals surface area contributed by atoms with E-state index < -0.39 is 5.66 Å². The molecular weight excluding hydrogens is 346 g/mol. The van der Waals surface area contributed by atoms with Gasteiger partial charge in [-0.25, -0.2) is 0 Å². The lowest BCUT2D eigenvalue weighted by atomic mass is 9.74. The van der Waals surface area contributed by atoms with Gasteiger partial charge in [0, 0.05) is 43.3 Å². The van der Waals surface area contributed by atoms with E-state index >= 15 is 0 Å². The van der Waals surface area contributed by atoms with Crippen LogP contribution in [0.2, 0.25) is 0 Å². The minimum atomic E-state index is -0.578. The summed E-state index contributed by atoms with van der Waals surface area (Å²) in [5, 5.41) is 3.35. The van der Waals surface area contributed by atoms with Crippen molar-refractivity contribution in [2.24, 2.45) is 0 Å². The first-order valence-electron chi connectivity index (χ1n) is 9.93. The molecule has 2 aromatic carbocycles. The van der Waals surface area contributed by atoms with Crippen LogP contribution in [0.1, 0.15) is 38.3 Å². The van der Waals surface area contributed by atoms with Gasteiger partial charge in [-0.15, -0.1) is 0 Å². The molecule has 28 heavy (non-hydrogen) atoms. The van der Waals surface area contributed by atoms with Crippen LogP contribution in [-0.2, 0) is 10.2 Å². The lowest BCUT2D eigenvalue weighted by Gasteiger charge is -2.51. The second-order valence-corrected chi connectivity index (χ2v) is 8.70. The van der Waals surface area contributed by atoms with Gasteiger partial charge in [0.05, 0.1) is 0 Å². The molecule has 0 saturated carbocycles. The molecule has 1 amide bonds. The van der Waals surface area contributed by atoms with E-state index in [0.717, 1.165) is 5.56 Å². The van der Waals surface area contributed by atoms with E-state index in [2.05, 4.69) is 96.6 Å². The number of anilines is 2. The smallest absolute Gasteiger partial charge is 0.224 e. The number of carbonyl (C=O) groups is 1. The van der Waals surface area contributed by atoms with Gasteiger partial charge in [-0.3, -0.25) is 4.79 Å². The summed E-state index contributed by atoms with van der Waals surface area (Å²) < 4.78 is 0. The second kappa shape index (κ2) is 6.40. The molecule has 4 rings (SSSR count). The maximum Gasteiger partial charge on any atom is 0.224 e. The highest BCUT2D eigenvalue weighted by Gasteiger charge is 2.59. The average molecular weight is 376 g/mol. The minimum absolute atomic E-state index is 0.109. The summed E-state index contributed by atoms with van der Waals surface area (Å²) in [4.78, 5) is 17.1. The van der Waals surface area contributed by atoms with Gasteiger partial charge in [0.1, 0.15) is 5.66 Å². The standard InChI is InChI=1S/C24H29N3O/c1-17-16-22(28)25-24(15-14-18-10-12-19(13-11-18)26(4)5)23(2,3)20-8-6-7-9-21(20)27(17)24/h6-15,17H,16H2,1-5H3,(H,25,28)/b15-14+. The Labute approximate surface area is 167 Å². The molecule has 0 aliphatic carbocycles. The number of hydrogen-bond acceptors (Lipinski definition) is 3. The first-order valence-corrected chi connectivity index (χ1v) is 9.93. The van der Waals surface area contributed by atoms with Gasteiger partial charge in [0.25, 0.3) is 0 Å². The molecule has 2 aliphatic heterocycles. The van der Waals surface area contributed by atoms with E-state index in [4.69, 9.17) is 0 Å². The van der Waals surface area contributed by atoms with Gasteiger partial charge in [-0.05, 0) is 42.3 Å². The summed E-state index contributed by atoms with van der Waals surface area (Å²) in [6, 6.07) is 17.1. The van der Waals surface area contributed by atoms with Gasteiger partial charge < -0.3 is 15.1 Å². The van der Waals surface area contributed by atoms with Gasteiger partial charge in [-0.2, -0.15) is 0 Å². The highest BCUT2D eigenvalue weighted by Crippen LogP contribution is 2.53. The van der Waals surface area contributed by atoms with Crippen LogP contribution in [0.3, 0.4) is 0 Å². The number of para-hydroxylation sites is 1. The first kappa shape index (κ1) is 18.6. The predicted octanol–water partition coefficient (Wildman–Crippen LogP) is 4.17. The van der Waals surface area contributed by atoms with Crippen molar-refractivity contribution in [1.29, 1.82) is 0 Å². The van der Waals surface area contributed by atoms with Crippen LogP contribution in [0.15, 0.2) is 54.6 Å². The summed E-state index contributed by atoms with van der Waals surface area (Å²) in [5.74, 6) is 0.109. The van der Waals surface area contributed by atoms with Crippen LogP contribution < -0.4 is 15.1 Å². The van der Waals surface area contributed by atoms with Crippen molar-refractivity contribution in [3.63, 3.8) is 0 Å². The van der Waals surface area contributed by atoms with Gasteiger partial charge >= 0.3 is 0 Å². The van der Waals surface area contributed by atoms with Gasteiger partial charge in [-0.1, -0.05) is 50.3 Å². The van der Waals surface area contributed by atoms with Gasteiger partial charge in [0.15, 0.2) is 0 Å². The third-order valence-electron chi connectivity index (χ3n) is 6.35. The maximum atomic E-state index is 12.6. The zero-order valence-corrected chi connectivity index (χ0v) is 17.4. The molecule has 146 valence electrons. The van der Waals surface area contributed by atoms with Crippen molar-refractivity contribution < 1.29 is 4.79 Å². The summed E-state index contributed by atoms with van der Waals surface area (Å²) in [5.41, 5.74) is 3.95. The van der Waals surface area contributed by atoms with Crippen molar-refractivity contribution >= 4 is 23.4 Å². The third-order valence-corrected chi connectivity index (χ3v) is 6.35. The molecule has 2 atom stereocenters. The molecule has 2 heterocycles. The van der Waals surface area contributed by atoms with E-state index in [9.17, 15) is 4.79 Å². The molecule has 1 N–H and O–H groups in total. The number of nitrogens with one attached hydrogen (secondary N) is 1. The second-order valence-electron chi connectivity index (χ2n) is 8.70. The number of hydrogen-bond donors (Lipinski definition) is 1. The van der Waals surface area contributed by atoms with E-state index in [1.54, 1.807) is 0 Å². The molecule has 2 aromatic rings. The SMILES string of the molecule is CC1CC(=O)NC2(/C=C/c3ccc(N(C)C)cc3)N1c1ccccc1C2(C)C. The molecule has 0 bridgehead atoms. The van der Waals surface area contributed by atoms with E-state index in [-0.39, 0.29) is 17.4 Å². The molecule has 2 unspecified atom stereocenters. The molecule has 0 spiro atoms. The average Bonchev–Trinajstić information content (AvgIpc) is 2.85. The highest BCUT2D eigenvalue weighted by molar-refractivity contribution is 5.85. The number of carbonyl (C=O) groups excluding carboxylic acids is 1. The molecule has 1 saturated heterocycles. The Morgan fingerprint density at radius 3 is 2.46 bits per heavy atom. The largest absolute Gasteiger partial charge is 0.378 e. The van der Waals surface area contributed by atoms with Crippen LogP contribution in [0, 0.1) is 0 Å². The molecule has 1 fully saturated rings. The topological polar surface area (TPSA) is 35.6 Å². The van der Waals surface area contributed by atoms with Crippen LogP contribution in [0.25, 0.3) is 6.08 Å². The minimum Gasteiger partial charge on any atom is -0.378 e. The molecule has 0 aromatic heterocycles. The Kier molecular flexibility index (Phi) is 4.25. The molecule has 4 heteroatoms. The highest BCUT2D eigenvalue weighted by atomic mass is 16.2. The van der Waals surface area contributed by atoms with E-state index in [1.165, 1.54) is 16.9 Å². The molecule has 4 nitrogen and oxygen atoms in total. The van der Waals surface area contributed by atoms with Gasteiger partial charge in [0.2, 0.25) is 5.91 Å². The van der Waals surface area contributed by atoms with Crippen molar-refractivity contribution in [3.05, 3.63) is 65.7 Å². The summed E-state index contributed by atoms with van der Waals surface area (Å²) in [6.07, 6.45) is 4.83. The first-order chi connectivity index (χ1) is 13.3. The van der Waals surface area contributed by atoms with E-state index in [0.29, 0.717) is 6.42 Å². The van der Waals surface area contributed by atoms with E-state index in [1.807, 2.05) is 14.1 Å². The Balaban J connectivity index is 1.80. The fourth-order valence-corrected chi connectivity index (χ4v) is 4.76. The number of rotatable bonds is 3. The Bertz CT molecular complexity index is 929. The third kappa shape index (κ3) is 2.62. The number of nitrogens with zero attached hydrogens (tertiary/aromatic N) is 2. The number of benzene rings is 2. The molecule has 0 radical (unpaired) electrons. The van der Waals surface area contributed by atoms with Crippen molar-refractivity contribution in [2.75, 3.05) is 23.9 Å². The van der Waals surface area contributed by atoms with Crippen molar-refractivity contribution in [3.8, 4) is 0 Å². The van der Waals surface area contributed by atoms with Crippen molar-refractivity contribution in [2.45, 2.75) is 44.3 Å². The normalized spacial score (nSPS) is 25.4. The quantitative estimate of drug-likeness (QED) is 0.875. The predicted molar refractivity (Wildman–Crippen MR) is 117 cm³/mol. The summed E-state index contributed by atoms with van der Waals surface area (Å²) >= 11 is 0. The Hall–Kier alpha value is -2.75. The van der Waals surface area contributed by atoms with Crippen molar-refractivity contribution in [1.82, 2.24) is 5.32 Å². The lowest BCUT2D eigenvalue weighted by molar-refractivity contribution is -0.125. The summed E-state index contributed by atoms with van der Waals surface area (Å²) in [7, 11) is 4.08. The van der Waals surface area contributed by atoms with Crippen LogP contribution >= 0.6 is 0 Å². The Morgan fingerprint density at radius 1 is 1.11 bits per heavy atom. The zero-order valence-electron chi connectivity index (χ0n) is 17.4. The van der Waals surface area contributed by atoms with Crippen LogP contribution in [-0.4, -0.2) is 31.7 Å². The lowest BCUT2D eigenvalue weighted by Crippen LogP contribution is -2.71. The fraction of sp³-hybridized carbons (Fsp3) is 0.375. The number of fused-ring (bicyclic) bond motifs is 3. The molecular formula is C24H29N3O.